The van der Waals surface area contributed by atoms with Crippen molar-refractivity contribution in [2.24, 2.45) is 0 Å². The van der Waals surface area contributed by atoms with Crippen molar-refractivity contribution < 1.29 is 9.21 Å². The number of carbonyl (C=O) groups excluding carboxylic acids is 1. The Morgan fingerprint density at radius 2 is 1.95 bits per heavy atom. The summed E-state index contributed by atoms with van der Waals surface area (Å²) in [5, 5.41) is 0. The molecule has 0 spiro atoms. The van der Waals surface area contributed by atoms with Gasteiger partial charge in [-0.05, 0) is 63.6 Å². The minimum Gasteiger partial charge on any atom is -0.464 e. The Kier molecular flexibility index (Phi) is 4.36. The predicted molar refractivity (Wildman–Crippen MR) is 84.0 cm³/mol. The third-order valence-corrected chi connectivity index (χ3v) is 3.49. The van der Waals surface area contributed by atoms with Crippen molar-refractivity contribution in [1.29, 1.82) is 0 Å². The van der Waals surface area contributed by atoms with E-state index in [2.05, 4.69) is 0 Å². The molecule has 0 bridgehead atoms. The molecule has 0 radical (unpaired) electrons. The molecule has 0 aliphatic rings. The average molecular weight is 286 g/mol. The van der Waals surface area contributed by atoms with E-state index in [1.807, 2.05) is 45.9 Å². The van der Waals surface area contributed by atoms with Gasteiger partial charge in [0.2, 0.25) is 0 Å². The summed E-state index contributed by atoms with van der Waals surface area (Å²) in [5.41, 5.74) is 7.99. The maximum absolute atomic E-state index is 12.8. The van der Waals surface area contributed by atoms with Gasteiger partial charge in [-0.3, -0.25) is 4.79 Å². The van der Waals surface area contributed by atoms with Crippen LogP contribution in [0.2, 0.25) is 0 Å². The van der Waals surface area contributed by atoms with E-state index in [1.54, 1.807) is 17.0 Å². The number of nitrogen functional groups attached to an aromatic ring is 1. The lowest BCUT2D eigenvalue weighted by Crippen LogP contribution is -2.36. The molecular formula is C17H22N2O2. The lowest BCUT2D eigenvalue weighted by molar-refractivity contribution is 0.0674. The maximum atomic E-state index is 12.8. The fraction of sp³-hybridized carbons (Fsp3) is 0.353. The van der Waals surface area contributed by atoms with E-state index in [-0.39, 0.29) is 11.9 Å². The smallest absolute Gasteiger partial charge is 0.254 e. The SMILES string of the molecule is Cc1ccc(CN(C(=O)c2ccc(N)cc2C)C(C)C)o1. The third kappa shape index (κ3) is 3.45. The van der Waals surface area contributed by atoms with Crippen LogP contribution in [0, 0.1) is 13.8 Å². The molecule has 0 fully saturated rings. The Morgan fingerprint density at radius 3 is 2.48 bits per heavy atom. The zero-order valence-electron chi connectivity index (χ0n) is 13.0. The molecule has 1 amide bonds. The van der Waals surface area contributed by atoms with Crippen molar-refractivity contribution in [2.45, 2.75) is 40.3 Å². The average Bonchev–Trinajstić information content (AvgIpc) is 2.80. The summed E-state index contributed by atoms with van der Waals surface area (Å²) in [5.74, 6) is 1.64. The van der Waals surface area contributed by atoms with Gasteiger partial charge in [-0.1, -0.05) is 0 Å². The van der Waals surface area contributed by atoms with Gasteiger partial charge in [0.1, 0.15) is 11.5 Å². The van der Waals surface area contributed by atoms with Gasteiger partial charge in [-0.2, -0.15) is 0 Å². The number of aryl methyl sites for hydroxylation is 2. The molecule has 0 atom stereocenters. The molecule has 0 saturated carbocycles. The fourth-order valence-electron chi connectivity index (χ4n) is 2.31. The largest absolute Gasteiger partial charge is 0.464 e. The monoisotopic (exact) mass is 286 g/mol. The van der Waals surface area contributed by atoms with Gasteiger partial charge in [0.25, 0.3) is 5.91 Å². The van der Waals surface area contributed by atoms with Gasteiger partial charge in [-0.15, -0.1) is 0 Å². The summed E-state index contributed by atoms with van der Waals surface area (Å²) in [6.45, 7) is 8.27. The Morgan fingerprint density at radius 1 is 1.24 bits per heavy atom. The lowest BCUT2D eigenvalue weighted by Gasteiger charge is -2.26. The number of hydrogen-bond acceptors (Lipinski definition) is 3. The second-order valence-corrected chi connectivity index (χ2v) is 5.61. The van der Waals surface area contributed by atoms with Crippen LogP contribution in [-0.4, -0.2) is 16.8 Å². The second kappa shape index (κ2) is 6.04. The molecule has 1 aromatic heterocycles. The van der Waals surface area contributed by atoms with Crippen molar-refractivity contribution in [2.75, 3.05) is 5.73 Å². The number of hydrogen-bond donors (Lipinski definition) is 1. The van der Waals surface area contributed by atoms with E-state index < -0.39 is 0 Å². The van der Waals surface area contributed by atoms with Crippen LogP contribution in [0.4, 0.5) is 5.69 Å². The molecule has 2 rings (SSSR count). The number of furan rings is 1. The van der Waals surface area contributed by atoms with Gasteiger partial charge in [0, 0.05) is 17.3 Å². The van der Waals surface area contributed by atoms with Gasteiger partial charge in [0.15, 0.2) is 0 Å². The van der Waals surface area contributed by atoms with Crippen LogP contribution in [-0.2, 0) is 6.54 Å². The van der Waals surface area contributed by atoms with E-state index in [1.165, 1.54) is 0 Å². The molecule has 4 nitrogen and oxygen atoms in total. The first-order valence-electron chi connectivity index (χ1n) is 7.11. The lowest BCUT2D eigenvalue weighted by atomic mass is 10.1. The molecular weight excluding hydrogens is 264 g/mol. The first-order valence-corrected chi connectivity index (χ1v) is 7.11. The predicted octanol–water partition coefficient (Wildman–Crippen LogP) is 3.53. The van der Waals surface area contributed by atoms with E-state index in [9.17, 15) is 4.79 Å². The maximum Gasteiger partial charge on any atom is 0.254 e. The summed E-state index contributed by atoms with van der Waals surface area (Å²) in [6.07, 6.45) is 0. The summed E-state index contributed by atoms with van der Waals surface area (Å²) < 4.78 is 5.59. The minimum absolute atomic E-state index is 0.00319. The quantitative estimate of drug-likeness (QED) is 0.875. The second-order valence-electron chi connectivity index (χ2n) is 5.61. The molecule has 0 aliphatic heterocycles. The van der Waals surface area contributed by atoms with Crippen LogP contribution < -0.4 is 5.73 Å². The van der Waals surface area contributed by atoms with Crippen LogP contribution in [0.5, 0.6) is 0 Å². The highest BCUT2D eigenvalue weighted by Crippen LogP contribution is 2.19. The fourth-order valence-corrected chi connectivity index (χ4v) is 2.31. The standard InChI is InChI=1S/C17H22N2O2/c1-11(2)19(10-15-7-5-13(4)21-15)17(20)16-8-6-14(18)9-12(16)3/h5-9,11H,10,18H2,1-4H3. The number of anilines is 1. The molecule has 1 heterocycles. The molecule has 2 N–H and O–H groups in total. The van der Waals surface area contributed by atoms with Crippen molar-refractivity contribution in [3.05, 3.63) is 53.0 Å². The number of nitrogens with two attached hydrogens (primary N) is 1. The first-order chi connectivity index (χ1) is 9.88. The molecule has 1 aromatic carbocycles. The molecule has 2 aromatic rings. The van der Waals surface area contributed by atoms with E-state index in [0.29, 0.717) is 17.8 Å². The Bertz CT molecular complexity index is 644. The van der Waals surface area contributed by atoms with Gasteiger partial charge < -0.3 is 15.1 Å². The van der Waals surface area contributed by atoms with Crippen LogP contribution in [0.1, 0.15) is 41.3 Å². The Labute approximate surface area is 125 Å². The third-order valence-electron chi connectivity index (χ3n) is 3.49. The zero-order chi connectivity index (χ0) is 15.6. The highest BCUT2D eigenvalue weighted by molar-refractivity contribution is 5.96. The molecule has 0 unspecified atom stereocenters. The zero-order valence-corrected chi connectivity index (χ0v) is 13.0. The topological polar surface area (TPSA) is 59.5 Å². The molecule has 0 aliphatic carbocycles. The molecule has 21 heavy (non-hydrogen) atoms. The molecule has 4 heteroatoms. The molecule has 0 saturated heterocycles. The van der Waals surface area contributed by atoms with Crippen molar-refractivity contribution in [3.8, 4) is 0 Å². The van der Waals surface area contributed by atoms with E-state index >= 15 is 0 Å². The first kappa shape index (κ1) is 15.2. The van der Waals surface area contributed by atoms with E-state index in [4.69, 9.17) is 10.2 Å². The summed E-state index contributed by atoms with van der Waals surface area (Å²) in [6, 6.07) is 9.27. The van der Waals surface area contributed by atoms with Crippen molar-refractivity contribution in [3.63, 3.8) is 0 Å². The number of carbonyl (C=O) groups is 1. The summed E-state index contributed by atoms with van der Waals surface area (Å²) in [7, 11) is 0. The Balaban J connectivity index is 2.27. The number of rotatable bonds is 4. The van der Waals surface area contributed by atoms with Crippen molar-refractivity contribution >= 4 is 11.6 Å². The van der Waals surface area contributed by atoms with Crippen LogP contribution >= 0.6 is 0 Å². The van der Waals surface area contributed by atoms with Crippen LogP contribution in [0.15, 0.2) is 34.7 Å². The van der Waals surface area contributed by atoms with Crippen LogP contribution in [0.25, 0.3) is 0 Å². The van der Waals surface area contributed by atoms with Crippen molar-refractivity contribution in [1.82, 2.24) is 4.90 Å². The summed E-state index contributed by atoms with van der Waals surface area (Å²) >= 11 is 0. The highest BCUT2D eigenvalue weighted by atomic mass is 16.3. The number of nitrogens with zero attached hydrogens (tertiary/aromatic N) is 1. The number of benzene rings is 1. The highest BCUT2D eigenvalue weighted by Gasteiger charge is 2.21. The van der Waals surface area contributed by atoms with Gasteiger partial charge in [-0.25, -0.2) is 0 Å². The van der Waals surface area contributed by atoms with Gasteiger partial charge in [0.05, 0.1) is 6.54 Å². The Hall–Kier alpha value is -2.23. The van der Waals surface area contributed by atoms with Crippen LogP contribution in [0.3, 0.4) is 0 Å². The normalized spacial score (nSPS) is 10.9. The minimum atomic E-state index is -0.00319. The number of amides is 1. The summed E-state index contributed by atoms with van der Waals surface area (Å²) in [4.78, 5) is 14.6. The van der Waals surface area contributed by atoms with E-state index in [0.717, 1.165) is 17.1 Å². The van der Waals surface area contributed by atoms with Gasteiger partial charge >= 0.3 is 0 Å². The molecule has 112 valence electrons.